The van der Waals surface area contributed by atoms with E-state index in [1.54, 1.807) is 6.07 Å². The third-order valence-corrected chi connectivity index (χ3v) is 5.94. The molecule has 33 heavy (non-hydrogen) atoms. The van der Waals surface area contributed by atoms with Crippen molar-refractivity contribution in [2.24, 2.45) is 0 Å². The minimum Gasteiger partial charge on any atom is -0.492 e. The van der Waals surface area contributed by atoms with Crippen LogP contribution in [0.3, 0.4) is 0 Å². The fraction of sp³-hybridized carbons (Fsp3) is 0.462. The lowest BCUT2D eigenvalue weighted by atomic mass is 10.1. The van der Waals surface area contributed by atoms with E-state index in [1.165, 1.54) is 0 Å². The summed E-state index contributed by atoms with van der Waals surface area (Å²) in [5.74, 6) is 0.533. The Labute approximate surface area is 196 Å². The van der Waals surface area contributed by atoms with E-state index in [2.05, 4.69) is 22.6 Å². The largest absolute Gasteiger partial charge is 0.492 e. The van der Waals surface area contributed by atoms with Gasteiger partial charge < -0.3 is 20.1 Å². The van der Waals surface area contributed by atoms with Crippen LogP contribution in [0.4, 0.5) is 0 Å². The summed E-state index contributed by atoms with van der Waals surface area (Å²) >= 11 is 0. The van der Waals surface area contributed by atoms with Crippen LogP contribution in [0.1, 0.15) is 40.7 Å². The number of nitrogens with one attached hydrogen (secondary N) is 2. The number of ether oxygens (including phenoxy) is 2. The minimum absolute atomic E-state index is 0.107. The number of hydrogen-bond donors (Lipinski definition) is 2. The van der Waals surface area contributed by atoms with Gasteiger partial charge in [0.2, 0.25) is 5.91 Å². The minimum atomic E-state index is -0.159. The van der Waals surface area contributed by atoms with Crippen molar-refractivity contribution in [3.8, 4) is 5.75 Å². The Kier molecular flexibility index (Phi) is 9.72. The zero-order valence-corrected chi connectivity index (χ0v) is 19.6. The highest BCUT2D eigenvalue weighted by atomic mass is 16.5. The second kappa shape index (κ2) is 13.0. The second-order valence-corrected chi connectivity index (χ2v) is 8.42. The van der Waals surface area contributed by atoms with E-state index >= 15 is 0 Å². The summed E-state index contributed by atoms with van der Waals surface area (Å²) in [6.07, 6.45) is 2.37. The molecule has 0 spiro atoms. The Balaban J connectivity index is 1.34. The highest BCUT2D eigenvalue weighted by Gasteiger charge is 2.18. The molecule has 2 aromatic carbocycles. The number of amides is 2. The molecule has 3 rings (SSSR count). The molecule has 0 radical (unpaired) electrons. The molecule has 0 atom stereocenters. The van der Waals surface area contributed by atoms with Crippen LogP contribution in [-0.2, 0) is 16.1 Å². The van der Waals surface area contributed by atoms with E-state index in [0.717, 1.165) is 49.5 Å². The van der Waals surface area contributed by atoms with Crippen molar-refractivity contribution in [3.05, 3.63) is 65.2 Å². The average molecular weight is 454 g/mol. The van der Waals surface area contributed by atoms with Gasteiger partial charge in [-0.05, 0) is 56.1 Å². The Morgan fingerprint density at radius 3 is 2.67 bits per heavy atom. The zero-order chi connectivity index (χ0) is 23.5. The summed E-state index contributed by atoms with van der Waals surface area (Å²) in [4.78, 5) is 26.7. The Hall–Kier alpha value is -2.90. The van der Waals surface area contributed by atoms with Crippen molar-refractivity contribution in [1.29, 1.82) is 0 Å². The molecule has 1 saturated heterocycles. The summed E-state index contributed by atoms with van der Waals surface area (Å²) < 4.78 is 11.3. The van der Waals surface area contributed by atoms with Gasteiger partial charge in [0, 0.05) is 50.9 Å². The Bertz CT molecular complexity index is 912. The summed E-state index contributed by atoms with van der Waals surface area (Å²) in [6.45, 7) is 5.76. The molecule has 2 amide bonds. The molecule has 0 bridgehead atoms. The zero-order valence-electron chi connectivity index (χ0n) is 19.6. The van der Waals surface area contributed by atoms with Gasteiger partial charge in [0.25, 0.3) is 5.91 Å². The number of aryl methyl sites for hydroxylation is 1. The predicted octanol–water partition coefficient (Wildman–Crippen LogP) is 2.92. The molecule has 0 aromatic heterocycles. The van der Waals surface area contributed by atoms with Crippen LogP contribution in [0.15, 0.2) is 48.5 Å². The monoisotopic (exact) mass is 453 g/mol. The Morgan fingerprint density at radius 1 is 1.09 bits per heavy atom. The third-order valence-electron chi connectivity index (χ3n) is 5.94. The first-order valence-electron chi connectivity index (χ1n) is 11.6. The summed E-state index contributed by atoms with van der Waals surface area (Å²) in [6, 6.07) is 15.7. The SMILES string of the molecule is Cc1ccccc1C(=O)NCCC(=O)NCc1cccc(OCCN(C)C2CCOCC2)c1. The van der Waals surface area contributed by atoms with Crippen LogP contribution in [-0.4, -0.2) is 62.7 Å². The van der Waals surface area contributed by atoms with Crippen molar-refractivity contribution in [1.82, 2.24) is 15.5 Å². The quantitative estimate of drug-likeness (QED) is 0.547. The lowest BCUT2D eigenvalue weighted by Gasteiger charge is -2.31. The molecule has 178 valence electrons. The summed E-state index contributed by atoms with van der Waals surface area (Å²) in [5.41, 5.74) is 2.52. The van der Waals surface area contributed by atoms with E-state index in [4.69, 9.17) is 9.47 Å². The molecular weight excluding hydrogens is 418 g/mol. The van der Waals surface area contributed by atoms with E-state index in [1.807, 2.05) is 49.4 Å². The molecule has 1 heterocycles. The number of hydrogen-bond acceptors (Lipinski definition) is 5. The topological polar surface area (TPSA) is 79.9 Å². The van der Waals surface area contributed by atoms with Gasteiger partial charge in [-0.25, -0.2) is 0 Å². The average Bonchev–Trinajstić information content (AvgIpc) is 2.83. The molecule has 7 heteroatoms. The van der Waals surface area contributed by atoms with E-state index in [0.29, 0.717) is 31.3 Å². The molecule has 0 aliphatic carbocycles. The maximum atomic E-state index is 12.2. The molecule has 0 saturated carbocycles. The van der Waals surface area contributed by atoms with Crippen LogP contribution in [0.2, 0.25) is 0 Å². The van der Waals surface area contributed by atoms with Crippen molar-refractivity contribution in [3.63, 3.8) is 0 Å². The first-order chi connectivity index (χ1) is 16.0. The van der Waals surface area contributed by atoms with Gasteiger partial charge in [0.1, 0.15) is 12.4 Å². The third kappa shape index (κ3) is 8.18. The number of benzene rings is 2. The van der Waals surface area contributed by atoms with E-state index in [-0.39, 0.29) is 18.2 Å². The van der Waals surface area contributed by atoms with Gasteiger partial charge >= 0.3 is 0 Å². The highest BCUT2D eigenvalue weighted by molar-refractivity contribution is 5.95. The van der Waals surface area contributed by atoms with Crippen LogP contribution in [0.5, 0.6) is 5.75 Å². The fourth-order valence-electron chi connectivity index (χ4n) is 3.86. The van der Waals surface area contributed by atoms with Crippen molar-refractivity contribution >= 4 is 11.8 Å². The first-order valence-corrected chi connectivity index (χ1v) is 11.6. The molecule has 2 N–H and O–H groups in total. The number of carbonyl (C=O) groups is 2. The lowest BCUT2D eigenvalue weighted by Crippen LogP contribution is -2.38. The van der Waals surface area contributed by atoms with Gasteiger partial charge in [-0.2, -0.15) is 0 Å². The van der Waals surface area contributed by atoms with Crippen LogP contribution >= 0.6 is 0 Å². The first kappa shape index (κ1) is 24.7. The Morgan fingerprint density at radius 2 is 1.88 bits per heavy atom. The highest BCUT2D eigenvalue weighted by Crippen LogP contribution is 2.15. The van der Waals surface area contributed by atoms with Crippen LogP contribution in [0, 0.1) is 6.92 Å². The molecular formula is C26H35N3O4. The molecule has 2 aromatic rings. The molecule has 7 nitrogen and oxygen atoms in total. The number of nitrogens with zero attached hydrogens (tertiary/aromatic N) is 1. The summed E-state index contributed by atoms with van der Waals surface area (Å²) in [5, 5.41) is 5.71. The van der Waals surface area contributed by atoms with Crippen LogP contribution < -0.4 is 15.4 Å². The van der Waals surface area contributed by atoms with Crippen molar-refractivity contribution < 1.29 is 19.1 Å². The predicted molar refractivity (Wildman–Crippen MR) is 128 cm³/mol. The van der Waals surface area contributed by atoms with Crippen LogP contribution in [0.25, 0.3) is 0 Å². The molecule has 1 aliphatic rings. The molecule has 0 unspecified atom stereocenters. The van der Waals surface area contributed by atoms with Gasteiger partial charge in [0.05, 0.1) is 0 Å². The normalized spacial score (nSPS) is 14.2. The van der Waals surface area contributed by atoms with Gasteiger partial charge in [-0.15, -0.1) is 0 Å². The number of carbonyl (C=O) groups excluding carboxylic acids is 2. The molecule has 1 aliphatic heterocycles. The smallest absolute Gasteiger partial charge is 0.251 e. The standard InChI is InChI=1S/C26H35N3O4/c1-20-6-3-4-9-24(20)26(31)27-13-10-25(30)28-19-21-7-5-8-23(18-21)33-17-14-29(2)22-11-15-32-16-12-22/h3-9,18,22H,10-17,19H2,1-2H3,(H,27,31)(H,28,30). The lowest BCUT2D eigenvalue weighted by molar-refractivity contribution is -0.121. The second-order valence-electron chi connectivity index (χ2n) is 8.42. The fourth-order valence-corrected chi connectivity index (χ4v) is 3.86. The van der Waals surface area contributed by atoms with Crippen molar-refractivity contribution in [2.75, 3.05) is 40.0 Å². The number of likely N-dealkylation sites (N-methyl/N-ethyl adjacent to an activating group) is 1. The van der Waals surface area contributed by atoms with E-state index < -0.39 is 0 Å². The van der Waals surface area contributed by atoms with Crippen molar-refractivity contribution in [2.45, 2.75) is 38.8 Å². The summed E-state index contributed by atoms with van der Waals surface area (Å²) in [7, 11) is 2.13. The van der Waals surface area contributed by atoms with Gasteiger partial charge in [-0.3, -0.25) is 14.5 Å². The maximum Gasteiger partial charge on any atom is 0.251 e. The van der Waals surface area contributed by atoms with Gasteiger partial charge in [0.15, 0.2) is 0 Å². The van der Waals surface area contributed by atoms with Gasteiger partial charge in [-0.1, -0.05) is 30.3 Å². The molecule has 1 fully saturated rings. The number of rotatable bonds is 11. The maximum absolute atomic E-state index is 12.2. The van der Waals surface area contributed by atoms with E-state index in [9.17, 15) is 9.59 Å².